The first-order valence-electron chi connectivity index (χ1n) is 6.20. The first kappa shape index (κ1) is 11.2. The van der Waals surface area contributed by atoms with Crippen LogP contribution in [0.25, 0.3) is 0 Å². The molecule has 0 aliphatic heterocycles. The van der Waals surface area contributed by atoms with Gasteiger partial charge in [0.15, 0.2) is 0 Å². The lowest BCUT2D eigenvalue weighted by molar-refractivity contribution is 0.0612. The molecule has 0 spiro atoms. The molecule has 0 radical (unpaired) electrons. The zero-order valence-electron chi connectivity index (χ0n) is 9.34. The Kier molecular flexibility index (Phi) is 2.49. The van der Waals surface area contributed by atoms with Crippen LogP contribution in [-0.4, -0.2) is 16.4 Å². The van der Waals surface area contributed by atoms with Crippen molar-refractivity contribution in [2.75, 3.05) is 6.61 Å². The summed E-state index contributed by atoms with van der Waals surface area (Å²) in [6.45, 7) is 0.273. The van der Waals surface area contributed by atoms with E-state index in [0.717, 1.165) is 24.7 Å². The van der Waals surface area contributed by atoms with E-state index in [9.17, 15) is 4.57 Å². The summed E-state index contributed by atoms with van der Waals surface area (Å²) in [5, 5.41) is 0. The van der Waals surface area contributed by atoms with E-state index >= 15 is 0 Å². The lowest BCUT2D eigenvalue weighted by Crippen LogP contribution is -2.31. The highest BCUT2D eigenvalue weighted by atomic mass is 31.2. The first-order chi connectivity index (χ1) is 7.50. The molecule has 0 saturated heterocycles. The summed E-state index contributed by atoms with van der Waals surface area (Å²) in [5.74, 6) is 2.32. The molecule has 4 unspecified atom stereocenters. The molecule has 0 aromatic rings. The van der Waals surface area contributed by atoms with Crippen molar-refractivity contribution < 1.29 is 18.9 Å². The Hall–Kier alpha value is 0.110. The highest BCUT2D eigenvalue weighted by Gasteiger charge is 2.59. The van der Waals surface area contributed by atoms with Gasteiger partial charge in [-0.2, -0.15) is 0 Å². The highest BCUT2D eigenvalue weighted by Crippen LogP contribution is 2.66. The molecule has 4 atom stereocenters. The monoisotopic (exact) mass is 246 g/mol. The number of phosphoric acid groups is 1. The van der Waals surface area contributed by atoms with Crippen LogP contribution in [0, 0.1) is 23.2 Å². The second-order valence-electron chi connectivity index (χ2n) is 5.83. The zero-order valence-corrected chi connectivity index (χ0v) is 10.2. The molecule has 5 heteroatoms. The van der Waals surface area contributed by atoms with Crippen LogP contribution in [0.1, 0.15) is 38.5 Å². The molecule has 3 fully saturated rings. The van der Waals surface area contributed by atoms with Crippen molar-refractivity contribution in [2.45, 2.75) is 38.5 Å². The lowest BCUT2D eigenvalue weighted by Gasteiger charge is -2.35. The minimum absolute atomic E-state index is 0.104. The van der Waals surface area contributed by atoms with Crippen molar-refractivity contribution in [3.05, 3.63) is 0 Å². The Labute approximate surface area is 95.6 Å². The van der Waals surface area contributed by atoms with Gasteiger partial charge in [0, 0.05) is 0 Å². The zero-order chi connectivity index (χ0) is 11.4. The van der Waals surface area contributed by atoms with E-state index in [0.29, 0.717) is 5.92 Å². The highest BCUT2D eigenvalue weighted by molar-refractivity contribution is 7.46. The van der Waals surface area contributed by atoms with Crippen LogP contribution in [0.4, 0.5) is 0 Å². The Morgan fingerprint density at radius 3 is 2.88 bits per heavy atom. The van der Waals surface area contributed by atoms with Gasteiger partial charge in [0.05, 0.1) is 6.61 Å². The summed E-state index contributed by atoms with van der Waals surface area (Å²) in [6, 6.07) is 0. The lowest BCUT2D eigenvalue weighted by atomic mass is 9.72. The fourth-order valence-electron chi connectivity index (χ4n) is 4.67. The number of hydrogen-bond acceptors (Lipinski definition) is 2. The second kappa shape index (κ2) is 3.55. The van der Waals surface area contributed by atoms with Gasteiger partial charge in [0.2, 0.25) is 0 Å². The Balaban J connectivity index is 1.75. The summed E-state index contributed by atoms with van der Waals surface area (Å²) in [6.07, 6.45) is 7.36. The fourth-order valence-corrected chi connectivity index (χ4v) is 5.09. The van der Waals surface area contributed by atoms with Crippen LogP contribution >= 0.6 is 7.82 Å². The predicted octanol–water partition coefficient (Wildman–Crippen LogP) is 2.31. The molecular weight excluding hydrogens is 227 g/mol. The van der Waals surface area contributed by atoms with Gasteiger partial charge >= 0.3 is 7.82 Å². The molecule has 0 heterocycles. The van der Waals surface area contributed by atoms with Gasteiger partial charge in [-0.25, -0.2) is 4.57 Å². The average Bonchev–Trinajstić information content (AvgIpc) is 2.86. The third kappa shape index (κ3) is 1.67. The molecular formula is C11H19O4P. The first-order valence-corrected chi connectivity index (χ1v) is 7.73. The molecule has 3 rings (SSSR count). The molecule has 0 aromatic heterocycles. The summed E-state index contributed by atoms with van der Waals surface area (Å²) >= 11 is 0. The minimum Gasteiger partial charge on any atom is -0.303 e. The molecule has 3 saturated carbocycles. The van der Waals surface area contributed by atoms with Gasteiger partial charge < -0.3 is 9.79 Å². The van der Waals surface area contributed by atoms with E-state index in [1.54, 1.807) is 0 Å². The Morgan fingerprint density at radius 1 is 1.31 bits per heavy atom. The third-order valence-corrected chi connectivity index (χ3v) is 5.63. The van der Waals surface area contributed by atoms with Crippen molar-refractivity contribution in [1.82, 2.24) is 0 Å². The molecule has 2 bridgehead atoms. The van der Waals surface area contributed by atoms with Crippen molar-refractivity contribution in [3.8, 4) is 0 Å². The molecule has 92 valence electrons. The van der Waals surface area contributed by atoms with Crippen LogP contribution in [0.2, 0.25) is 0 Å². The van der Waals surface area contributed by atoms with E-state index < -0.39 is 7.82 Å². The smallest absolute Gasteiger partial charge is 0.303 e. The van der Waals surface area contributed by atoms with Gasteiger partial charge in [-0.05, 0) is 55.3 Å². The largest absolute Gasteiger partial charge is 0.469 e. The van der Waals surface area contributed by atoms with Gasteiger partial charge in [-0.1, -0.05) is 6.42 Å². The maximum absolute atomic E-state index is 10.8. The third-order valence-electron chi connectivity index (χ3n) is 5.16. The molecule has 0 amide bonds. The van der Waals surface area contributed by atoms with Gasteiger partial charge in [0.25, 0.3) is 0 Å². The van der Waals surface area contributed by atoms with Crippen molar-refractivity contribution in [1.29, 1.82) is 0 Å². The fraction of sp³-hybridized carbons (Fsp3) is 1.00. The summed E-state index contributed by atoms with van der Waals surface area (Å²) in [7, 11) is -4.29. The summed E-state index contributed by atoms with van der Waals surface area (Å²) in [4.78, 5) is 17.7. The van der Waals surface area contributed by atoms with Crippen molar-refractivity contribution >= 4 is 7.82 Å². The molecule has 3 aliphatic carbocycles. The quantitative estimate of drug-likeness (QED) is 0.750. The normalized spacial score (nSPS) is 46.2. The standard InChI is InChI=1S/C11H19O4P/c12-16(13,14)15-7-11-5-4-8(6-11)9-2-1-3-10(9)11/h8-10H,1-7H2,(H2,12,13,14). The number of phosphoric ester groups is 1. The van der Waals surface area contributed by atoms with E-state index in [-0.39, 0.29) is 12.0 Å². The summed E-state index contributed by atoms with van der Waals surface area (Å²) in [5.41, 5.74) is 0.104. The van der Waals surface area contributed by atoms with Crippen molar-refractivity contribution in [3.63, 3.8) is 0 Å². The van der Waals surface area contributed by atoms with E-state index in [2.05, 4.69) is 0 Å². The van der Waals surface area contributed by atoms with E-state index in [1.807, 2.05) is 0 Å². The molecule has 4 nitrogen and oxygen atoms in total. The molecule has 2 N–H and O–H groups in total. The maximum Gasteiger partial charge on any atom is 0.469 e. The minimum atomic E-state index is -4.29. The Bertz CT molecular complexity index is 339. The average molecular weight is 246 g/mol. The predicted molar refractivity (Wildman–Crippen MR) is 58.6 cm³/mol. The SMILES string of the molecule is O=P(O)(O)OCC12CCC(C1)C1CCCC12. The van der Waals surface area contributed by atoms with Gasteiger partial charge in [-0.15, -0.1) is 0 Å². The summed E-state index contributed by atoms with van der Waals surface area (Å²) < 4.78 is 15.6. The topological polar surface area (TPSA) is 66.8 Å². The van der Waals surface area contributed by atoms with Gasteiger partial charge in [-0.3, -0.25) is 4.52 Å². The van der Waals surface area contributed by atoms with E-state index in [1.165, 1.54) is 25.7 Å². The van der Waals surface area contributed by atoms with Gasteiger partial charge in [0.1, 0.15) is 0 Å². The molecule has 0 aromatic carbocycles. The van der Waals surface area contributed by atoms with Crippen LogP contribution < -0.4 is 0 Å². The number of hydrogen-bond donors (Lipinski definition) is 2. The second-order valence-corrected chi connectivity index (χ2v) is 7.07. The van der Waals surface area contributed by atoms with Crippen LogP contribution in [0.5, 0.6) is 0 Å². The Morgan fingerprint density at radius 2 is 2.12 bits per heavy atom. The number of fused-ring (bicyclic) bond motifs is 5. The van der Waals surface area contributed by atoms with Crippen LogP contribution in [-0.2, 0) is 9.09 Å². The maximum atomic E-state index is 10.8. The molecule has 3 aliphatic rings. The molecule has 16 heavy (non-hydrogen) atoms. The van der Waals surface area contributed by atoms with E-state index in [4.69, 9.17) is 14.3 Å². The van der Waals surface area contributed by atoms with Crippen LogP contribution in [0.15, 0.2) is 0 Å². The number of rotatable bonds is 3. The van der Waals surface area contributed by atoms with Crippen LogP contribution in [0.3, 0.4) is 0 Å². The van der Waals surface area contributed by atoms with Crippen molar-refractivity contribution in [2.24, 2.45) is 23.2 Å².